The molecule has 0 aliphatic carbocycles. The lowest BCUT2D eigenvalue weighted by Gasteiger charge is -2.21. The molecule has 0 aromatic carbocycles. The highest BCUT2D eigenvalue weighted by atomic mass is 32.1. The van der Waals surface area contributed by atoms with Crippen LogP contribution in [-0.2, 0) is 20.9 Å². The fourth-order valence-corrected chi connectivity index (χ4v) is 2.37. The third-order valence-electron chi connectivity index (χ3n) is 2.83. The average molecular weight is 301 g/mol. The van der Waals surface area contributed by atoms with Crippen LogP contribution < -0.4 is 5.32 Å². The van der Waals surface area contributed by atoms with Gasteiger partial charge in [-0.3, -0.25) is 4.79 Å². The lowest BCUT2D eigenvalue weighted by Crippen LogP contribution is -2.45. The van der Waals surface area contributed by atoms with Gasteiger partial charge in [0.25, 0.3) is 0 Å². The van der Waals surface area contributed by atoms with E-state index < -0.39 is 12.1 Å². The molecule has 1 rings (SSSR count). The molecule has 1 aromatic rings. The van der Waals surface area contributed by atoms with E-state index in [-0.39, 0.29) is 18.5 Å². The number of thiophene rings is 1. The number of methoxy groups -OCH3 is 1. The second-order valence-electron chi connectivity index (χ2n) is 4.90. The molecule has 2 N–H and O–H groups in total. The van der Waals surface area contributed by atoms with Crippen LogP contribution in [0.3, 0.4) is 0 Å². The summed E-state index contributed by atoms with van der Waals surface area (Å²) in [7, 11) is 1.36. The Bertz CT molecular complexity index is 381. The lowest BCUT2D eigenvalue weighted by atomic mass is 10.0. The SMILES string of the molecule is COC(=O)C(NCC(O)COCc1cccs1)C(C)C. The van der Waals surface area contributed by atoms with Gasteiger partial charge in [0, 0.05) is 11.4 Å². The third kappa shape index (κ3) is 6.00. The summed E-state index contributed by atoms with van der Waals surface area (Å²) in [5.74, 6) is -0.214. The molecule has 6 heteroatoms. The van der Waals surface area contributed by atoms with E-state index in [4.69, 9.17) is 9.47 Å². The predicted octanol–water partition coefficient (Wildman–Crippen LogP) is 1.41. The zero-order chi connectivity index (χ0) is 15.0. The van der Waals surface area contributed by atoms with Crippen molar-refractivity contribution in [2.45, 2.75) is 32.6 Å². The van der Waals surface area contributed by atoms with Crippen molar-refractivity contribution in [3.8, 4) is 0 Å². The number of carbonyl (C=O) groups is 1. The molecule has 20 heavy (non-hydrogen) atoms. The zero-order valence-corrected chi connectivity index (χ0v) is 13.0. The molecule has 0 bridgehead atoms. The number of carbonyl (C=O) groups excluding carboxylic acids is 1. The molecule has 2 unspecified atom stereocenters. The van der Waals surface area contributed by atoms with E-state index >= 15 is 0 Å². The minimum absolute atomic E-state index is 0.0988. The fraction of sp³-hybridized carbons (Fsp3) is 0.643. The fourth-order valence-electron chi connectivity index (χ4n) is 1.73. The summed E-state index contributed by atoms with van der Waals surface area (Å²) in [6.07, 6.45) is -0.652. The van der Waals surface area contributed by atoms with Crippen molar-refractivity contribution in [2.24, 2.45) is 5.92 Å². The van der Waals surface area contributed by atoms with Crippen LogP contribution in [0.4, 0.5) is 0 Å². The van der Waals surface area contributed by atoms with E-state index in [9.17, 15) is 9.90 Å². The number of hydrogen-bond donors (Lipinski definition) is 2. The molecule has 0 aliphatic rings. The van der Waals surface area contributed by atoms with Gasteiger partial charge >= 0.3 is 5.97 Å². The largest absolute Gasteiger partial charge is 0.468 e. The van der Waals surface area contributed by atoms with E-state index in [1.165, 1.54) is 7.11 Å². The van der Waals surface area contributed by atoms with E-state index in [1.54, 1.807) is 11.3 Å². The maximum Gasteiger partial charge on any atom is 0.323 e. The predicted molar refractivity (Wildman–Crippen MR) is 78.6 cm³/mol. The minimum Gasteiger partial charge on any atom is -0.468 e. The maximum absolute atomic E-state index is 11.5. The first-order chi connectivity index (χ1) is 9.54. The molecular formula is C14H23NO4S. The molecule has 0 saturated heterocycles. The molecule has 1 heterocycles. The molecule has 0 radical (unpaired) electrons. The summed E-state index contributed by atoms with van der Waals surface area (Å²) in [6.45, 7) is 4.88. The second kappa shape index (κ2) is 9.07. The summed E-state index contributed by atoms with van der Waals surface area (Å²) < 4.78 is 10.1. The normalized spacial score (nSPS) is 14.2. The number of ether oxygens (including phenoxy) is 2. The van der Waals surface area contributed by atoms with E-state index in [0.717, 1.165) is 4.88 Å². The van der Waals surface area contributed by atoms with Crippen LogP contribution in [0.15, 0.2) is 17.5 Å². The zero-order valence-electron chi connectivity index (χ0n) is 12.2. The molecule has 1 aromatic heterocycles. The van der Waals surface area contributed by atoms with Gasteiger partial charge in [0.2, 0.25) is 0 Å². The summed E-state index contributed by atoms with van der Waals surface area (Å²) in [6, 6.07) is 3.54. The van der Waals surface area contributed by atoms with E-state index in [1.807, 2.05) is 31.4 Å². The van der Waals surface area contributed by atoms with Crippen LogP contribution in [0, 0.1) is 5.92 Å². The Labute approximate surface area is 123 Å². The van der Waals surface area contributed by atoms with Crippen LogP contribution in [0.2, 0.25) is 0 Å². The molecule has 0 amide bonds. The van der Waals surface area contributed by atoms with Crippen LogP contribution in [0.5, 0.6) is 0 Å². The van der Waals surface area contributed by atoms with Crippen LogP contribution in [0.1, 0.15) is 18.7 Å². The Hall–Kier alpha value is -0.950. The number of esters is 1. The van der Waals surface area contributed by atoms with Crippen molar-refractivity contribution >= 4 is 17.3 Å². The standard InChI is InChI=1S/C14H23NO4S/c1-10(2)13(14(17)18-3)15-7-11(16)8-19-9-12-5-4-6-20-12/h4-6,10-11,13,15-16H,7-9H2,1-3H3. The summed E-state index contributed by atoms with van der Waals surface area (Å²) in [5, 5.41) is 14.8. The van der Waals surface area contributed by atoms with Gasteiger partial charge in [-0.05, 0) is 17.4 Å². The van der Waals surface area contributed by atoms with Crippen LogP contribution in [-0.4, -0.2) is 43.5 Å². The Morgan fingerprint density at radius 3 is 2.80 bits per heavy atom. The van der Waals surface area contributed by atoms with Crippen molar-refractivity contribution in [1.82, 2.24) is 5.32 Å². The minimum atomic E-state index is -0.652. The Morgan fingerprint density at radius 1 is 1.50 bits per heavy atom. The first-order valence-corrected chi connectivity index (χ1v) is 7.52. The summed E-state index contributed by atoms with van der Waals surface area (Å²) >= 11 is 1.62. The van der Waals surface area contributed by atoms with Gasteiger partial charge in [-0.25, -0.2) is 0 Å². The Kier molecular flexibility index (Phi) is 7.76. The van der Waals surface area contributed by atoms with Crippen molar-refractivity contribution in [3.05, 3.63) is 22.4 Å². The van der Waals surface area contributed by atoms with Crippen molar-refractivity contribution in [3.63, 3.8) is 0 Å². The highest BCUT2D eigenvalue weighted by Gasteiger charge is 2.23. The van der Waals surface area contributed by atoms with Gasteiger partial charge in [0.1, 0.15) is 6.04 Å². The number of aliphatic hydroxyl groups is 1. The molecule has 0 aliphatic heterocycles. The smallest absolute Gasteiger partial charge is 0.323 e. The van der Waals surface area contributed by atoms with Crippen molar-refractivity contribution in [2.75, 3.05) is 20.3 Å². The Morgan fingerprint density at radius 2 is 2.25 bits per heavy atom. The quantitative estimate of drug-likeness (QED) is 0.675. The topological polar surface area (TPSA) is 67.8 Å². The highest BCUT2D eigenvalue weighted by Crippen LogP contribution is 2.09. The second-order valence-corrected chi connectivity index (χ2v) is 5.93. The first kappa shape index (κ1) is 17.1. The Balaban J connectivity index is 2.23. The summed E-state index contributed by atoms with van der Waals surface area (Å²) in [4.78, 5) is 12.7. The lowest BCUT2D eigenvalue weighted by molar-refractivity contribution is -0.144. The molecule has 0 saturated carbocycles. The molecule has 0 fully saturated rings. The van der Waals surface area contributed by atoms with Gasteiger partial charge in [-0.1, -0.05) is 19.9 Å². The summed E-state index contributed by atoms with van der Waals surface area (Å²) in [5.41, 5.74) is 0. The first-order valence-electron chi connectivity index (χ1n) is 6.64. The van der Waals surface area contributed by atoms with Gasteiger partial charge in [0.15, 0.2) is 0 Å². The third-order valence-corrected chi connectivity index (χ3v) is 3.68. The molecule has 114 valence electrons. The van der Waals surface area contributed by atoms with E-state index in [0.29, 0.717) is 13.2 Å². The van der Waals surface area contributed by atoms with Crippen LogP contribution in [0.25, 0.3) is 0 Å². The van der Waals surface area contributed by atoms with E-state index in [2.05, 4.69) is 5.32 Å². The highest BCUT2D eigenvalue weighted by molar-refractivity contribution is 7.09. The van der Waals surface area contributed by atoms with Gasteiger partial charge in [-0.15, -0.1) is 11.3 Å². The van der Waals surface area contributed by atoms with Gasteiger partial charge in [-0.2, -0.15) is 0 Å². The number of hydrogen-bond acceptors (Lipinski definition) is 6. The molecule has 2 atom stereocenters. The molecular weight excluding hydrogens is 278 g/mol. The maximum atomic E-state index is 11.5. The number of aliphatic hydroxyl groups excluding tert-OH is 1. The average Bonchev–Trinajstić information content (AvgIpc) is 2.91. The number of nitrogens with one attached hydrogen (secondary N) is 1. The number of rotatable bonds is 9. The van der Waals surface area contributed by atoms with Crippen LogP contribution >= 0.6 is 11.3 Å². The molecule has 5 nitrogen and oxygen atoms in total. The monoisotopic (exact) mass is 301 g/mol. The molecule has 0 spiro atoms. The van der Waals surface area contributed by atoms with Crippen molar-refractivity contribution < 1.29 is 19.4 Å². The van der Waals surface area contributed by atoms with Crippen molar-refractivity contribution in [1.29, 1.82) is 0 Å². The van der Waals surface area contributed by atoms with Gasteiger partial charge in [0.05, 0.1) is 26.4 Å². The van der Waals surface area contributed by atoms with Gasteiger partial charge < -0.3 is 19.9 Å².